The number of hydrogen-bond acceptors (Lipinski definition) is 6. The van der Waals surface area contributed by atoms with Gasteiger partial charge in [-0.3, -0.25) is 9.32 Å². The van der Waals surface area contributed by atoms with E-state index in [1.54, 1.807) is 28.9 Å². The van der Waals surface area contributed by atoms with Crippen LogP contribution in [0.25, 0.3) is 17.1 Å². The van der Waals surface area contributed by atoms with Gasteiger partial charge in [0.2, 0.25) is 5.82 Å². The highest BCUT2D eigenvalue weighted by atomic mass is 35.5. The zero-order valence-electron chi connectivity index (χ0n) is 16.3. The second-order valence-corrected chi connectivity index (χ2v) is 7.03. The Morgan fingerprint density at radius 3 is 2.70 bits per heavy atom. The van der Waals surface area contributed by atoms with Gasteiger partial charge in [0, 0.05) is 11.6 Å². The molecule has 0 atom stereocenters. The van der Waals surface area contributed by atoms with Gasteiger partial charge in [-0.25, -0.2) is 4.68 Å². The summed E-state index contributed by atoms with van der Waals surface area (Å²) in [7, 11) is 0. The lowest BCUT2D eigenvalue weighted by Gasteiger charge is -2.09. The molecule has 2 aromatic carbocycles. The molecule has 0 aliphatic carbocycles. The highest BCUT2D eigenvalue weighted by Crippen LogP contribution is 2.26. The van der Waals surface area contributed by atoms with Gasteiger partial charge in [0.05, 0.1) is 16.4 Å². The molecule has 0 spiro atoms. The molecule has 2 aromatic heterocycles. The molecular formula is C21H18ClN5O3. The van der Waals surface area contributed by atoms with E-state index in [-0.39, 0.29) is 24.4 Å². The van der Waals surface area contributed by atoms with E-state index in [4.69, 9.17) is 20.9 Å². The van der Waals surface area contributed by atoms with Crippen LogP contribution in [0.4, 0.5) is 5.82 Å². The summed E-state index contributed by atoms with van der Waals surface area (Å²) in [5.41, 5.74) is 3.36. The third-order valence-corrected chi connectivity index (χ3v) is 4.56. The normalized spacial score (nSPS) is 10.8. The van der Waals surface area contributed by atoms with Crippen LogP contribution in [0.2, 0.25) is 5.02 Å². The zero-order chi connectivity index (χ0) is 21.1. The van der Waals surface area contributed by atoms with Crippen LogP contribution in [0.5, 0.6) is 6.08 Å². The molecule has 0 bridgehead atoms. The first-order chi connectivity index (χ1) is 14.5. The Kier molecular flexibility index (Phi) is 5.49. The first-order valence-electron chi connectivity index (χ1n) is 9.14. The minimum atomic E-state index is -0.388. The van der Waals surface area contributed by atoms with Gasteiger partial charge >= 0.3 is 6.08 Å². The van der Waals surface area contributed by atoms with Gasteiger partial charge in [0.1, 0.15) is 5.82 Å². The standard InChI is InChI=1S/C21H18ClN5O3/c1-13-7-9-15(10-8-13)27-18(11-14(2)25-27)23-19(28)12-29-21-24-20(26-30-21)16-5-3-4-6-17(16)22/h3-11H,12H2,1-2H3,(H,23,28). The average Bonchev–Trinajstić information content (AvgIpc) is 3.34. The molecule has 1 N–H and O–H groups in total. The Bertz CT molecular complexity index is 1180. The lowest BCUT2D eigenvalue weighted by Crippen LogP contribution is -2.22. The number of halogens is 1. The van der Waals surface area contributed by atoms with Crippen LogP contribution in [-0.4, -0.2) is 32.4 Å². The SMILES string of the molecule is Cc1ccc(-n2nc(C)cc2NC(=O)COc2nc(-c3ccccc3Cl)no2)cc1. The molecule has 1 amide bonds. The summed E-state index contributed by atoms with van der Waals surface area (Å²) in [6, 6.07) is 16.7. The largest absolute Gasteiger partial charge is 0.439 e. The predicted molar refractivity (Wildman–Crippen MR) is 112 cm³/mol. The smallest absolute Gasteiger partial charge is 0.418 e. The number of nitrogens with one attached hydrogen (secondary N) is 1. The molecule has 4 aromatic rings. The monoisotopic (exact) mass is 423 g/mol. The van der Waals surface area contributed by atoms with Gasteiger partial charge in [-0.05, 0) is 38.1 Å². The summed E-state index contributed by atoms with van der Waals surface area (Å²) in [4.78, 5) is 16.5. The van der Waals surface area contributed by atoms with E-state index in [2.05, 4.69) is 20.6 Å². The zero-order valence-corrected chi connectivity index (χ0v) is 17.1. The summed E-state index contributed by atoms with van der Waals surface area (Å²) in [5.74, 6) is 0.428. The molecule has 0 radical (unpaired) electrons. The van der Waals surface area contributed by atoms with E-state index >= 15 is 0 Å². The van der Waals surface area contributed by atoms with Gasteiger partial charge in [-0.1, -0.05) is 46.6 Å². The van der Waals surface area contributed by atoms with Crippen LogP contribution in [0.1, 0.15) is 11.3 Å². The van der Waals surface area contributed by atoms with E-state index in [0.717, 1.165) is 16.9 Å². The van der Waals surface area contributed by atoms with Crippen molar-refractivity contribution in [2.75, 3.05) is 11.9 Å². The van der Waals surface area contributed by atoms with Crippen molar-refractivity contribution in [3.63, 3.8) is 0 Å². The number of carbonyl (C=O) groups excluding carboxylic acids is 1. The highest BCUT2D eigenvalue weighted by molar-refractivity contribution is 6.33. The van der Waals surface area contributed by atoms with Gasteiger partial charge in [0.15, 0.2) is 6.61 Å². The van der Waals surface area contributed by atoms with E-state index in [9.17, 15) is 4.79 Å². The first kappa shape index (κ1) is 19.7. The maximum atomic E-state index is 12.4. The predicted octanol–water partition coefficient (Wildman–Crippen LogP) is 4.21. The molecule has 0 fully saturated rings. The Balaban J connectivity index is 1.42. The number of rotatable bonds is 6. The number of anilines is 1. The lowest BCUT2D eigenvalue weighted by atomic mass is 10.2. The number of ether oxygens (including phenoxy) is 1. The third-order valence-electron chi connectivity index (χ3n) is 4.23. The maximum absolute atomic E-state index is 12.4. The molecule has 30 heavy (non-hydrogen) atoms. The summed E-state index contributed by atoms with van der Waals surface area (Å²) >= 11 is 6.13. The summed E-state index contributed by atoms with van der Waals surface area (Å²) < 4.78 is 12.0. The van der Waals surface area contributed by atoms with Crippen molar-refractivity contribution >= 4 is 23.3 Å². The van der Waals surface area contributed by atoms with Crippen LogP contribution in [-0.2, 0) is 4.79 Å². The van der Waals surface area contributed by atoms with Crippen molar-refractivity contribution < 1.29 is 14.1 Å². The summed E-state index contributed by atoms with van der Waals surface area (Å²) in [5, 5.41) is 11.5. The molecule has 8 nitrogen and oxygen atoms in total. The molecule has 4 rings (SSSR count). The topological polar surface area (TPSA) is 95.1 Å². The van der Waals surface area contributed by atoms with Gasteiger partial charge in [-0.15, -0.1) is 0 Å². The maximum Gasteiger partial charge on any atom is 0.418 e. The van der Waals surface area contributed by atoms with E-state index in [1.165, 1.54) is 0 Å². The Morgan fingerprint density at radius 2 is 1.93 bits per heavy atom. The molecule has 0 saturated carbocycles. The van der Waals surface area contributed by atoms with Crippen LogP contribution < -0.4 is 10.1 Å². The Morgan fingerprint density at radius 1 is 1.17 bits per heavy atom. The number of benzene rings is 2. The second-order valence-electron chi connectivity index (χ2n) is 6.62. The van der Waals surface area contributed by atoms with E-state index < -0.39 is 0 Å². The first-order valence-corrected chi connectivity index (χ1v) is 9.52. The van der Waals surface area contributed by atoms with Gasteiger partial charge in [-0.2, -0.15) is 10.1 Å². The second kappa shape index (κ2) is 8.38. The molecule has 152 valence electrons. The summed E-state index contributed by atoms with van der Waals surface area (Å²) in [6.07, 6.45) is -0.122. The Hall–Kier alpha value is -3.65. The van der Waals surface area contributed by atoms with E-state index in [1.807, 2.05) is 44.2 Å². The lowest BCUT2D eigenvalue weighted by molar-refractivity contribution is -0.118. The number of aromatic nitrogens is 4. The van der Waals surface area contributed by atoms with Crippen LogP contribution >= 0.6 is 11.6 Å². The summed E-state index contributed by atoms with van der Waals surface area (Å²) in [6.45, 7) is 3.56. The minimum Gasteiger partial charge on any atom is -0.439 e. The molecule has 0 aliphatic rings. The fourth-order valence-corrected chi connectivity index (χ4v) is 3.02. The number of carbonyl (C=O) groups is 1. The fraction of sp³-hybridized carbons (Fsp3) is 0.143. The number of hydrogen-bond donors (Lipinski definition) is 1. The number of nitrogens with zero attached hydrogens (tertiary/aromatic N) is 4. The fourth-order valence-electron chi connectivity index (χ4n) is 2.80. The van der Waals surface area contributed by atoms with Crippen molar-refractivity contribution in [1.29, 1.82) is 0 Å². The number of aryl methyl sites for hydroxylation is 2. The van der Waals surface area contributed by atoms with Gasteiger partial charge in [0.25, 0.3) is 5.91 Å². The van der Waals surface area contributed by atoms with Crippen molar-refractivity contribution in [3.05, 3.63) is 70.9 Å². The minimum absolute atomic E-state index is 0.122. The van der Waals surface area contributed by atoms with Crippen LogP contribution in [0.3, 0.4) is 0 Å². The molecule has 0 aliphatic heterocycles. The van der Waals surface area contributed by atoms with Crippen molar-refractivity contribution in [1.82, 2.24) is 19.9 Å². The quantitative estimate of drug-likeness (QED) is 0.499. The molecule has 0 unspecified atom stereocenters. The molecule has 0 saturated heterocycles. The van der Waals surface area contributed by atoms with E-state index in [0.29, 0.717) is 16.4 Å². The van der Waals surface area contributed by atoms with Crippen molar-refractivity contribution in [2.24, 2.45) is 0 Å². The van der Waals surface area contributed by atoms with Crippen molar-refractivity contribution in [2.45, 2.75) is 13.8 Å². The average molecular weight is 424 g/mol. The highest BCUT2D eigenvalue weighted by Gasteiger charge is 2.15. The van der Waals surface area contributed by atoms with Crippen molar-refractivity contribution in [3.8, 4) is 23.2 Å². The Labute approximate surface area is 177 Å². The third kappa shape index (κ3) is 4.33. The van der Waals surface area contributed by atoms with Gasteiger partial charge < -0.3 is 10.1 Å². The molecular weight excluding hydrogens is 406 g/mol. The van der Waals surface area contributed by atoms with Crippen LogP contribution in [0.15, 0.2) is 59.1 Å². The number of amides is 1. The molecule has 9 heteroatoms. The van der Waals surface area contributed by atoms with Crippen LogP contribution in [0, 0.1) is 13.8 Å². The molecule has 2 heterocycles.